The molecule has 0 N–H and O–H groups in total. The second kappa shape index (κ2) is 3.62. The molecule has 0 spiro atoms. The minimum absolute atomic E-state index is 0.814. The van der Waals surface area contributed by atoms with Gasteiger partial charge in [-0.15, -0.1) is 12.2 Å². The van der Waals surface area contributed by atoms with Crippen molar-refractivity contribution in [1.29, 1.82) is 0 Å². The topological polar surface area (TPSA) is 9.23 Å². The molecule has 1 heterocycles. The van der Waals surface area contributed by atoms with Gasteiger partial charge in [-0.05, 0) is 24.5 Å². The fourth-order valence-electron chi connectivity index (χ4n) is 1.65. The Bertz CT molecular complexity index is 355. The van der Waals surface area contributed by atoms with E-state index in [2.05, 4.69) is 31.4 Å². The van der Waals surface area contributed by atoms with Gasteiger partial charge in [0.1, 0.15) is 5.76 Å². The third-order valence-corrected chi connectivity index (χ3v) is 2.39. The van der Waals surface area contributed by atoms with E-state index in [1.54, 1.807) is 12.2 Å². The van der Waals surface area contributed by atoms with Crippen molar-refractivity contribution in [2.24, 2.45) is 0 Å². The highest BCUT2D eigenvalue weighted by atomic mass is 16.5. The van der Waals surface area contributed by atoms with Crippen LogP contribution in [0.25, 0.3) is 0 Å². The number of hydrogen-bond donors (Lipinski definition) is 0. The van der Waals surface area contributed by atoms with Gasteiger partial charge in [0, 0.05) is 6.10 Å². The van der Waals surface area contributed by atoms with Crippen LogP contribution in [-0.4, -0.2) is 0 Å². The molecule has 1 aliphatic heterocycles. The lowest BCUT2D eigenvalue weighted by atomic mass is 9.94. The van der Waals surface area contributed by atoms with Gasteiger partial charge in [-0.3, -0.25) is 0 Å². The molecule has 72 valence electrons. The number of rotatable bonds is 2. The predicted molar refractivity (Wildman–Crippen MR) is 58.2 cm³/mol. The summed E-state index contributed by atoms with van der Waals surface area (Å²) >= 11 is 0. The Morgan fingerprint density at radius 2 is 2.21 bits per heavy atom. The third kappa shape index (κ3) is 1.41. The molecule has 0 radical (unpaired) electrons. The van der Waals surface area contributed by atoms with E-state index < -0.39 is 0 Å². The fourth-order valence-corrected chi connectivity index (χ4v) is 1.65. The van der Waals surface area contributed by atoms with Gasteiger partial charge in [-0.2, -0.15) is 11.6 Å². The maximum atomic E-state index is 5.73. The summed E-state index contributed by atoms with van der Waals surface area (Å²) in [5, 5.41) is 0. The maximum absolute atomic E-state index is 5.73. The molecule has 0 fully saturated rings. The zero-order valence-electron chi connectivity index (χ0n) is 8.12. The van der Waals surface area contributed by atoms with Gasteiger partial charge < -0.3 is 4.74 Å². The molecule has 0 amide bonds. The Balaban J connectivity index is 2.39. The second-order valence-corrected chi connectivity index (χ2v) is 3.29. The van der Waals surface area contributed by atoms with Gasteiger partial charge in [0.15, 0.2) is 0 Å². The average Bonchev–Trinajstić information content (AvgIpc) is 2.27. The van der Waals surface area contributed by atoms with Crippen molar-refractivity contribution in [3.05, 3.63) is 66.5 Å². The minimum atomic E-state index is 0.814. The fraction of sp³-hybridized carbons (Fsp3) is 0.154. The molecular formula is C13H13O-. The Morgan fingerprint density at radius 1 is 1.36 bits per heavy atom. The van der Waals surface area contributed by atoms with E-state index in [0.717, 1.165) is 35.9 Å². The van der Waals surface area contributed by atoms with Crippen molar-refractivity contribution >= 4 is 0 Å². The number of ether oxygens (including phenoxy) is 1. The normalized spacial score (nSPS) is 19.7. The van der Waals surface area contributed by atoms with E-state index >= 15 is 0 Å². The van der Waals surface area contributed by atoms with Crippen LogP contribution in [0.1, 0.15) is 12.8 Å². The molecule has 2 rings (SSSR count). The number of allylic oxidation sites excluding steroid dienone is 5. The second-order valence-electron chi connectivity index (χ2n) is 3.29. The van der Waals surface area contributed by atoms with Crippen LogP contribution >= 0.6 is 0 Å². The van der Waals surface area contributed by atoms with Crippen LogP contribution < -0.4 is 0 Å². The van der Waals surface area contributed by atoms with E-state index in [4.69, 9.17) is 4.74 Å². The summed E-state index contributed by atoms with van der Waals surface area (Å²) in [6, 6.07) is 0. The van der Waals surface area contributed by atoms with Gasteiger partial charge >= 0.3 is 0 Å². The molecule has 0 aromatic rings. The van der Waals surface area contributed by atoms with Gasteiger partial charge in [0.2, 0.25) is 0 Å². The highest BCUT2D eigenvalue weighted by Gasteiger charge is 2.14. The summed E-state index contributed by atoms with van der Waals surface area (Å²) in [7, 11) is 0. The zero-order valence-corrected chi connectivity index (χ0v) is 8.12. The first-order chi connectivity index (χ1) is 6.85. The van der Waals surface area contributed by atoms with Crippen LogP contribution in [0, 0.1) is 6.10 Å². The molecule has 0 aromatic carbocycles. The van der Waals surface area contributed by atoms with Crippen molar-refractivity contribution in [2.75, 3.05) is 0 Å². The Morgan fingerprint density at radius 3 is 2.93 bits per heavy atom. The van der Waals surface area contributed by atoms with Crippen LogP contribution in [0.2, 0.25) is 0 Å². The van der Waals surface area contributed by atoms with E-state index in [9.17, 15) is 0 Å². The van der Waals surface area contributed by atoms with E-state index in [0.29, 0.717) is 0 Å². The average molecular weight is 185 g/mol. The predicted octanol–water partition coefficient (Wildman–Crippen LogP) is 3.45. The first-order valence-electron chi connectivity index (χ1n) is 4.76. The Labute approximate surface area is 84.8 Å². The zero-order chi connectivity index (χ0) is 9.97. The highest BCUT2D eigenvalue weighted by Crippen LogP contribution is 2.35. The lowest BCUT2D eigenvalue weighted by Gasteiger charge is -2.35. The molecule has 0 atom stereocenters. The van der Waals surface area contributed by atoms with E-state index in [1.165, 1.54) is 0 Å². The summed E-state index contributed by atoms with van der Waals surface area (Å²) in [5.41, 5.74) is 2.17. The summed E-state index contributed by atoms with van der Waals surface area (Å²) < 4.78 is 5.73. The molecule has 0 unspecified atom stereocenters. The lowest BCUT2D eigenvalue weighted by Crippen LogP contribution is -2.12. The molecule has 0 bridgehead atoms. The summed E-state index contributed by atoms with van der Waals surface area (Å²) in [4.78, 5) is 0. The molecule has 0 aromatic heterocycles. The maximum Gasteiger partial charge on any atom is 0.104 e. The highest BCUT2D eigenvalue weighted by molar-refractivity contribution is 5.50. The molecule has 0 saturated carbocycles. The molecule has 1 heteroatoms. The Hall–Kier alpha value is -1.63. The number of fused-ring (bicyclic) bond motifs is 1. The minimum Gasteiger partial charge on any atom is -0.521 e. The standard InChI is InChI=1S/C13H13O/c1-3-10-9-11-7-5-6-8-13(11)14-12(10)4-2/h3-5,7,9H,1-2,6,8H2/q-1. The van der Waals surface area contributed by atoms with Crippen LogP contribution in [0.15, 0.2) is 60.4 Å². The van der Waals surface area contributed by atoms with Gasteiger partial charge in [-0.1, -0.05) is 19.2 Å². The van der Waals surface area contributed by atoms with Crippen LogP contribution in [0.4, 0.5) is 0 Å². The van der Waals surface area contributed by atoms with Crippen molar-refractivity contribution in [3.63, 3.8) is 0 Å². The van der Waals surface area contributed by atoms with Crippen LogP contribution in [0.5, 0.6) is 0 Å². The van der Waals surface area contributed by atoms with Crippen LogP contribution in [-0.2, 0) is 4.74 Å². The third-order valence-electron chi connectivity index (χ3n) is 2.39. The first-order valence-corrected chi connectivity index (χ1v) is 4.76. The Kier molecular flexibility index (Phi) is 2.32. The smallest absolute Gasteiger partial charge is 0.104 e. The monoisotopic (exact) mass is 185 g/mol. The molecule has 14 heavy (non-hydrogen) atoms. The first kappa shape index (κ1) is 8.95. The summed E-state index contributed by atoms with van der Waals surface area (Å²) in [5.74, 6) is 0.814. The van der Waals surface area contributed by atoms with Gasteiger partial charge in [-0.25, -0.2) is 0 Å². The molecule has 2 aliphatic rings. The summed E-state index contributed by atoms with van der Waals surface area (Å²) in [6.45, 7) is 7.49. The van der Waals surface area contributed by atoms with Gasteiger partial charge in [0.25, 0.3) is 0 Å². The number of hydrogen-bond acceptors (Lipinski definition) is 1. The molecule has 1 aliphatic carbocycles. The van der Waals surface area contributed by atoms with Crippen molar-refractivity contribution in [3.8, 4) is 0 Å². The lowest BCUT2D eigenvalue weighted by molar-refractivity contribution is 0.234. The van der Waals surface area contributed by atoms with Crippen molar-refractivity contribution in [1.82, 2.24) is 0 Å². The molecule has 0 saturated heterocycles. The quantitative estimate of drug-likeness (QED) is 0.599. The van der Waals surface area contributed by atoms with E-state index in [1.807, 2.05) is 0 Å². The SMILES string of the molecule is C=CC1=C(C=C)O[C-]2CCC=CC2=C1. The van der Waals surface area contributed by atoms with Crippen molar-refractivity contribution < 1.29 is 4.74 Å². The molecular weight excluding hydrogens is 172 g/mol. The molecule has 1 nitrogen and oxygen atoms in total. The van der Waals surface area contributed by atoms with Crippen molar-refractivity contribution in [2.45, 2.75) is 12.8 Å². The van der Waals surface area contributed by atoms with E-state index in [-0.39, 0.29) is 0 Å². The van der Waals surface area contributed by atoms with Crippen LogP contribution in [0.3, 0.4) is 0 Å². The summed E-state index contributed by atoms with van der Waals surface area (Å²) in [6.07, 6.45) is 13.0. The largest absolute Gasteiger partial charge is 0.521 e. The van der Waals surface area contributed by atoms with Gasteiger partial charge in [0.05, 0.1) is 0 Å².